The second-order valence-corrected chi connectivity index (χ2v) is 5.47. The Morgan fingerprint density at radius 2 is 2.13 bits per heavy atom. The van der Waals surface area contributed by atoms with E-state index in [0.717, 1.165) is 17.6 Å². The van der Waals surface area contributed by atoms with Gasteiger partial charge in [0.2, 0.25) is 0 Å². The first-order valence-electron chi connectivity index (χ1n) is 4.55. The number of rotatable bonds is 3. The lowest BCUT2D eigenvalue weighted by molar-refractivity contribution is 0.112. The normalized spacial score (nSPS) is 10.2. The van der Waals surface area contributed by atoms with Crippen LogP contribution in [0.25, 0.3) is 0 Å². The van der Waals surface area contributed by atoms with Gasteiger partial charge in [0.1, 0.15) is 0 Å². The molecular formula is C12H9IOS. The quantitative estimate of drug-likeness (QED) is 0.619. The van der Waals surface area contributed by atoms with Gasteiger partial charge < -0.3 is 0 Å². The molecule has 2 rings (SSSR count). The first kappa shape index (κ1) is 10.8. The molecule has 0 aliphatic heterocycles. The Morgan fingerprint density at radius 3 is 2.80 bits per heavy atom. The molecule has 0 N–H and O–H groups in total. The van der Waals surface area contributed by atoms with E-state index in [4.69, 9.17) is 0 Å². The first-order valence-corrected chi connectivity index (χ1v) is 6.51. The summed E-state index contributed by atoms with van der Waals surface area (Å²) in [7, 11) is 0. The maximum atomic E-state index is 10.5. The number of hydrogen-bond donors (Lipinski definition) is 0. The van der Waals surface area contributed by atoms with Crippen LogP contribution in [0.1, 0.15) is 20.8 Å². The maximum Gasteiger partial charge on any atom is 0.160 e. The number of carbonyl (C=O) groups is 1. The Kier molecular flexibility index (Phi) is 3.53. The van der Waals surface area contributed by atoms with E-state index in [1.165, 1.54) is 26.0 Å². The lowest BCUT2D eigenvalue weighted by Gasteiger charge is -1.99. The van der Waals surface area contributed by atoms with Crippen molar-refractivity contribution in [2.75, 3.05) is 0 Å². The largest absolute Gasteiger partial charge is 0.297 e. The third-order valence-electron chi connectivity index (χ3n) is 2.09. The minimum absolute atomic E-state index is 0.802. The van der Waals surface area contributed by atoms with Gasteiger partial charge in [0.15, 0.2) is 6.29 Å². The fraction of sp³-hybridized carbons (Fsp3) is 0.0833. The van der Waals surface area contributed by atoms with Crippen molar-refractivity contribution in [1.82, 2.24) is 0 Å². The molecular weight excluding hydrogens is 319 g/mol. The molecule has 3 heteroatoms. The minimum atomic E-state index is 0.802. The van der Waals surface area contributed by atoms with E-state index in [1.807, 2.05) is 11.4 Å². The zero-order valence-electron chi connectivity index (χ0n) is 7.94. The molecule has 15 heavy (non-hydrogen) atoms. The van der Waals surface area contributed by atoms with Crippen LogP contribution in [0, 0.1) is 3.57 Å². The van der Waals surface area contributed by atoms with Crippen LogP contribution in [-0.2, 0) is 6.42 Å². The number of thiophene rings is 1. The molecule has 0 bridgehead atoms. The van der Waals surface area contributed by atoms with Gasteiger partial charge in [0.05, 0.1) is 4.88 Å². The first-order chi connectivity index (χ1) is 7.28. The minimum Gasteiger partial charge on any atom is -0.297 e. The predicted octanol–water partition coefficient (Wildman–Crippen LogP) is 3.76. The summed E-state index contributed by atoms with van der Waals surface area (Å²) in [4.78, 5) is 11.3. The molecule has 2 aromatic rings. The fourth-order valence-electron chi connectivity index (χ4n) is 1.43. The number of hydrogen-bond acceptors (Lipinski definition) is 2. The van der Waals surface area contributed by atoms with Gasteiger partial charge in [0, 0.05) is 3.57 Å². The van der Waals surface area contributed by atoms with Crippen molar-refractivity contribution in [3.63, 3.8) is 0 Å². The second kappa shape index (κ2) is 4.90. The molecule has 1 nitrogen and oxygen atoms in total. The Labute approximate surface area is 106 Å². The Balaban J connectivity index is 2.18. The summed E-state index contributed by atoms with van der Waals surface area (Å²) in [5.74, 6) is 0. The summed E-state index contributed by atoms with van der Waals surface area (Å²) in [6, 6.07) is 10.4. The molecule has 1 heterocycles. The van der Waals surface area contributed by atoms with Gasteiger partial charge in [-0.05, 0) is 63.7 Å². The van der Waals surface area contributed by atoms with Gasteiger partial charge in [0.25, 0.3) is 0 Å². The summed E-state index contributed by atoms with van der Waals surface area (Å²) < 4.78 is 1.25. The number of benzene rings is 1. The summed E-state index contributed by atoms with van der Waals surface area (Å²) in [6.07, 6.45) is 1.81. The van der Waals surface area contributed by atoms with Crippen molar-refractivity contribution in [3.05, 3.63) is 55.3 Å². The monoisotopic (exact) mass is 328 g/mol. The van der Waals surface area contributed by atoms with Crippen LogP contribution in [0.5, 0.6) is 0 Å². The predicted molar refractivity (Wildman–Crippen MR) is 71.7 cm³/mol. The van der Waals surface area contributed by atoms with Crippen LogP contribution in [0.2, 0.25) is 0 Å². The molecule has 0 unspecified atom stereocenters. The van der Waals surface area contributed by atoms with Crippen molar-refractivity contribution in [1.29, 1.82) is 0 Å². The molecule has 0 aliphatic rings. The van der Waals surface area contributed by atoms with E-state index in [-0.39, 0.29) is 0 Å². The van der Waals surface area contributed by atoms with Gasteiger partial charge in [-0.2, -0.15) is 0 Å². The van der Waals surface area contributed by atoms with Crippen LogP contribution in [-0.4, -0.2) is 6.29 Å². The molecule has 0 aliphatic carbocycles. The molecule has 0 saturated heterocycles. The van der Waals surface area contributed by atoms with E-state index < -0.39 is 0 Å². The zero-order chi connectivity index (χ0) is 10.7. The summed E-state index contributed by atoms with van der Waals surface area (Å²) in [5, 5.41) is 2.05. The highest BCUT2D eigenvalue weighted by Gasteiger charge is 2.00. The Bertz CT molecular complexity index is 476. The zero-order valence-corrected chi connectivity index (χ0v) is 10.9. The highest BCUT2D eigenvalue weighted by molar-refractivity contribution is 14.1. The lowest BCUT2D eigenvalue weighted by atomic mass is 10.1. The van der Waals surface area contributed by atoms with Crippen molar-refractivity contribution >= 4 is 40.2 Å². The fourth-order valence-corrected chi connectivity index (χ4v) is 2.75. The molecule has 1 aromatic carbocycles. The Morgan fingerprint density at radius 1 is 1.27 bits per heavy atom. The summed E-state index contributed by atoms with van der Waals surface area (Å²) >= 11 is 3.81. The van der Waals surface area contributed by atoms with Crippen molar-refractivity contribution in [2.45, 2.75) is 6.42 Å². The molecule has 0 amide bonds. The van der Waals surface area contributed by atoms with E-state index in [1.54, 1.807) is 0 Å². The van der Waals surface area contributed by atoms with Crippen molar-refractivity contribution in [3.8, 4) is 0 Å². The van der Waals surface area contributed by atoms with Gasteiger partial charge in [-0.3, -0.25) is 4.79 Å². The van der Waals surface area contributed by atoms with Gasteiger partial charge in [-0.1, -0.05) is 12.1 Å². The number of carbonyl (C=O) groups excluding carboxylic acids is 1. The van der Waals surface area contributed by atoms with Gasteiger partial charge >= 0.3 is 0 Å². The second-order valence-electron chi connectivity index (χ2n) is 3.28. The van der Waals surface area contributed by atoms with Gasteiger partial charge in [-0.15, -0.1) is 11.3 Å². The van der Waals surface area contributed by atoms with Gasteiger partial charge in [-0.25, -0.2) is 0 Å². The average Bonchev–Trinajstić information content (AvgIpc) is 2.65. The van der Waals surface area contributed by atoms with Crippen molar-refractivity contribution < 1.29 is 4.79 Å². The third kappa shape index (κ3) is 2.89. The Hall–Kier alpha value is -0.680. The molecule has 0 spiro atoms. The maximum absolute atomic E-state index is 10.5. The molecule has 76 valence electrons. The topological polar surface area (TPSA) is 17.1 Å². The smallest absolute Gasteiger partial charge is 0.160 e. The number of aldehydes is 1. The average molecular weight is 328 g/mol. The highest BCUT2D eigenvalue weighted by Crippen LogP contribution is 2.17. The number of halogens is 1. The van der Waals surface area contributed by atoms with E-state index in [2.05, 4.69) is 46.9 Å². The third-order valence-corrected chi connectivity index (χ3v) is 3.67. The van der Waals surface area contributed by atoms with Crippen LogP contribution < -0.4 is 0 Å². The molecule has 0 fully saturated rings. The van der Waals surface area contributed by atoms with Crippen LogP contribution in [0.4, 0.5) is 0 Å². The summed E-state index contributed by atoms with van der Waals surface area (Å²) in [5.41, 5.74) is 2.50. The van der Waals surface area contributed by atoms with E-state index >= 15 is 0 Å². The highest BCUT2D eigenvalue weighted by atomic mass is 127. The summed E-state index contributed by atoms with van der Waals surface area (Å²) in [6.45, 7) is 0. The molecule has 0 saturated carbocycles. The molecule has 0 atom stereocenters. The van der Waals surface area contributed by atoms with Crippen LogP contribution in [0.3, 0.4) is 0 Å². The lowest BCUT2D eigenvalue weighted by Crippen LogP contribution is -1.86. The van der Waals surface area contributed by atoms with E-state index in [0.29, 0.717) is 0 Å². The molecule has 1 aromatic heterocycles. The van der Waals surface area contributed by atoms with Crippen molar-refractivity contribution in [2.24, 2.45) is 0 Å². The standard InChI is InChI=1S/C12H9IOS/c13-11-3-1-2-9(5-11)4-10-6-12(7-14)15-8-10/h1-3,5-8H,4H2. The van der Waals surface area contributed by atoms with Crippen LogP contribution in [0.15, 0.2) is 35.7 Å². The van der Waals surface area contributed by atoms with E-state index in [9.17, 15) is 4.79 Å². The molecule has 0 radical (unpaired) electrons. The van der Waals surface area contributed by atoms with Crippen LogP contribution >= 0.6 is 33.9 Å². The SMILES string of the molecule is O=Cc1cc(Cc2cccc(I)c2)cs1.